The van der Waals surface area contributed by atoms with Crippen molar-refractivity contribution < 1.29 is 9.59 Å². The van der Waals surface area contributed by atoms with Gasteiger partial charge in [0.25, 0.3) is 0 Å². The van der Waals surface area contributed by atoms with Gasteiger partial charge < -0.3 is 10.6 Å². The minimum Gasteiger partial charge on any atom is -0.347 e. The summed E-state index contributed by atoms with van der Waals surface area (Å²) in [5.41, 5.74) is 3.70. The first-order valence-electron chi connectivity index (χ1n) is 8.53. The molecule has 1 atom stereocenters. The van der Waals surface area contributed by atoms with Gasteiger partial charge in [-0.25, -0.2) is 0 Å². The number of rotatable bonds is 4. The lowest BCUT2D eigenvalue weighted by molar-refractivity contribution is -0.136. The van der Waals surface area contributed by atoms with Crippen molar-refractivity contribution in [3.05, 3.63) is 71.9 Å². The number of carbonyl (C=O) groups is 2. The van der Waals surface area contributed by atoms with Gasteiger partial charge in [-0.15, -0.1) is 0 Å². The molecule has 0 saturated heterocycles. The van der Waals surface area contributed by atoms with Crippen LogP contribution in [-0.4, -0.2) is 23.3 Å². The van der Waals surface area contributed by atoms with Crippen LogP contribution in [-0.2, 0) is 9.59 Å². The number of carbonyl (C=O) groups excluding carboxylic acids is 2. The normalized spacial score (nSPS) is 11.8. The van der Waals surface area contributed by atoms with E-state index in [1.807, 2.05) is 50.2 Å². The maximum absolute atomic E-state index is 12.1. The monoisotopic (exact) mass is 347 g/mol. The van der Waals surface area contributed by atoms with Crippen LogP contribution < -0.4 is 10.6 Å². The van der Waals surface area contributed by atoms with Crippen LogP contribution in [0, 0.1) is 6.92 Å². The molecule has 2 aromatic carbocycles. The van der Waals surface area contributed by atoms with Crippen LogP contribution in [0.4, 0.5) is 5.69 Å². The van der Waals surface area contributed by atoms with Crippen molar-refractivity contribution in [2.45, 2.75) is 19.8 Å². The van der Waals surface area contributed by atoms with E-state index in [1.54, 1.807) is 18.3 Å². The molecule has 1 heterocycles. The Bertz CT molecular complexity index is 953. The van der Waals surface area contributed by atoms with Gasteiger partial charge in [0.2, 0.25) is 0 Å². The maximum atomic E-state index is 12.1. The van der Waals surface area contributed by atoms with Gasteiger partial charge >= 0.3 is 11.8 Å². The van der Waals surface area contributed by atoms with E-state index in [0.717, 1.165) is 16.5 Å². The van der Waals surface area contributed by atoms with Crippen LogP contribution >= 0.6 is 0 Å². The van der Waals surface area contributed by atoms with Crippen molar-refractivity contribution in [3.8, 4) is 0 Å². The Morgan fingerprint density at radius 2 is 1.88 bits per heavy atom. The Labute approximate surface area is 152 Å². The van der Waals surface area contributed by atoms with E-state index in [-0.39, 0.29) is 5.92 Å². The van der Waals surface area contributed by atoms with Crippen molar-refractivity contribution in [1.82, 2.24) is 10.3 Å². The van der Waals surface area contributed by atoms with Gasteiger partial charge in [-0.2, -0.15) is 0 Å². The van der Waals surface area contributed by atoms with Crippen LogP contribution in [0.25, 0.3) is 10.9 Å². The standard InChI is InChI=1S/C21H21N3O2/c1-14-5-3-6-16(11-14)15(2)13-23-20(25)21(26)24-18-8-9-19-17(12-18)7-4-10-22-19/h3-12,15H,13H2,1-2H3,(H,23,25)(H,24,26)/t15-/m0/s1. The number of amides is 2. The second-order valence-electron chi connectivity index (χ2n) is 6.39. The topological polar surface area (TPSA) is 71.1 Å². The molecular weight excluding hydrogens is 326 g/mol. The summed E-state index contributed by atoms with van der Waals surface area (Å²) in [6.07, 6.45) is 1.71. The maximum Gasteiger partial charge on any atom is 0.313 e. The molecule has 5 nitrogen and oxygen atoms in total. The first-order valence-corrected chi connectivity index (χ1v) is 8.53. The summed E-state index contributed by atoms with van der Waals surface area (Å²) < 4.78 is 0. The molecule has 1 aromatic heterocycles. The van der Waals surface area contributed by atoms with Crippen LogP contribution in [0.5, 0.6) is 0 Å². The molecule has 0 spiro atoms. The molecule has 2 N–H and O–H groups in total. The minimum absolute atomic E-state index is 0.124. The molecule has 132 valence electrons. The lowest BCUT2D eigenvalue weighted by atomic mass is 9.99. The Morgan fingerprint density at radius 3 is 2.69 bits per heavy atom. The molecule has 0 radical (unpaired) electrons. The van der Waals surface area contributed by atoms with Crippen LogP contribution in [0.1, 0.15) is 24.0 Å². The van der Waals surface area contributed by atoms with E-state index in [0.29, 0.717) is 12.2 Å². The molecule has 0 aliphatic carbocycles. The second kappa shape index (κ2) is 7.78. The smallest absolute Gasteiger partial charge is 0.313 e. The minimum atomic E-state index is -0.676. The molecule has 3 rings (SSSR count). The fraction of sp³-hybridized carbons (Fsp3) is 0.190. The fourth-order valence-corrected chi connectivity index (χ4v) is 2.76. The Kier molecular flexibility index (Phi) is 5.27. The lowest BCUT2D eigenvalue weighted by Crippen LogP contribution is -2.37. The quantitative estimate of drug-likeness (QED) is 0.711. The van der Waals surface area contributed by atoms with E-state index in [4.69, 9.17) is 0 Å². The first-order chi connectivity index (χ1) is 12.5. The van der Waals surface area contributed by atoms with E-state index < -0.39 is 11.8 Å². The third kappa shape index (κ3) is 4.25. The Balaban J connectivity index is 1.58. The molecule has 0 fully saturated rings. The van der Waals surface area contributed by atoms with Gasteiger partial charge in [0, 0.05) is 23.8 Å². The van der Waals surface area contributed by atoms with Crippen molar-refractivity contribution in [3.63, 3.8) is 0 Å². The number of nitrogens with one attached hydrogen (secondary N) is 2. The molecule has 2 amide bonds. The van der Waals surface area contributed by atoms with Crippen LogP contribution in [0.3, 0.4) is 0 Å². The zero-order valence-corrected chi connectivity index (χ0v) is 14.8. The average Bonchev–Trinajstić information content (AvgIpc) is 2.65. The van der Waals surface area contributed by atoms with Gasteiger partial charge in [0.15, 0.2) is 0 Å². The van der Waals surface area contributed by atoms with Gasteiger partial charge in [-0.05, 0) is 42.7 Å². The molecule has 0 aliphatic rings. The summed E-state index contributed by atoms with van der Waals surface area (Å²) >= 11 is 0. The van der Waals surface area contributed by atoms with E-state index in [9.17, 15) is 9.59 Å². The SMILES string of the molecule is Cc1cccc([C@@H](C)CNC(=O)C(=O)Nc2ccc3ncccc3c2)c1. The summed E-state index contributed by atoms with van der Waals surface area (Å²) in [6.45, 7) is 4.45. The van der Waals surface area contributed by atoms with E-state index >= 15 is 0 Å². The number of benzene rings is 2. The molecule has 0 aliphatic heterocycles. The predicted molar refractivity (Wildman–Crippen MR) is 103 cm³/mol. The van der Waals surface area contributed by atoms with Crippen LogP contribution in [0.2, 0.25) is 0 Å². The van der Waals surface area contributed by atoms with Gasteiger partial charge in [0.1, 0.15) is 0 Å². The molecule has 26 heavy (non-hydrogen) atoms. The number of aryl methyl sites for hydroxylation is 1. The number of aromatic nitrogens is 1. The van der Waals surface area contributed by atoms with E-state index in [2.05, 4.69) is 21.7 Å². The Morgan fingerprint density at radius 1 is 1.04 bits per heavy atom. The van der Waals surface area contributed by atoms with Gasteiger partial charge in [-0.1, -0.05) is 42.8 Å². The number of hydrogen-bond acceptors (Lipinski definition) is 3. The lowest BCUT2D eigenvalue weighted by Gasteiger charge is -2.13. The highest BCUT2D eigenvalue weighted by Crippen LogP contribution is 2.17. The van der Waals surface area contributed by atoms with Crippen molar-refractivity contribution in [2.75, 3.05) is 11.9 Å². The molecule has 0 saturated carbocycles. The van der Waals surface area contributed by atoms with Crippen molar-refractivity contribution >= 4 is 28.4 Å². The summed E-state index contributed by atoms with van der Waals surface area (Å²) in [5.74, 6) is -1.20. The van der Waals surface area contributed by atoms with Crippen molar-refractivity contribution in [1.29, 1.82) is 0 Å². The largest absolute Gasteiger partial charge is 0.347 e. The highest BCUT2D eigenvalue weighted by atomic mass is 16.2. The zero-order valence-electron chi connectivity index (χ0n) is 14.8. The highest BCUT2D eigenvalue weighted by molar-refractivity contribution is 6.39. The summed E-state index contributed by atoms with van der Waals surface area (Å²) in [4.78, 5) is 28.4. The number of nitrogens with zero attached hydrogens (tertiary/aromatic N) is 1. The molecule has 0 unspecified atom stereocenters. The molecule has 5 heteroatoms. The highest BCUT2D eigenvalue weighted by Gasteiger charge is 2.15. The average molecular weight is 347 g/mol. The number of hydrogen-bond donors (Lipinski definition) is 2. The fourth-order valence-electron chi connectivity index (χ4n) is 2.76. The Hall–Kier alpha value is -3.21. The zero-order chi connectivity index (χ0) is 18.5. The first kappa shape index (κ1) is 17.6. The molecular formula is C21H21N3O2. The summed E-state index contributed by atoms with van der Waals surface area (Å²) in [5, 5.41) is 6.22. The number of fused-ring (bicyclic) bond motifs is 1. The second-order valence-corrected chi connectivity index (χ2v) is 6.39. The third-order valence-corrected chi connectivity index (χ3v) is 4.25. The summed E-state index contributed by atoms with van der Waals surface area (Å²) in [6, 6.07) is 17.2. The van der Waals surface area contributed by atoms with Crippen LogP contribution in [0.15, 0.2) is 60.8 Å². The number of anilines is 1. The molecule has 0 bridgehead atoms. The third-order valence-electron chi connectivity index (χ3n) is 4.25. The van der Waals surface area contributed by atoms with Gasteiger partial charge in [0.05, 0.1) is 5.52 Å². The van der Waals surface area contributed by atoms with E-state index in [1.165, 1.54) is 5.56 Å². The summed E-state index contributed by atoms with van der Waals surface area (Å²) in [7, 11) is 0. The number of pyridine rings is 1. The predicted octanol–water partition coefficient (Wildman–Crippen LogP) is 3.40. The van der Waals surface area contributed by atoms with Crippen molar-refractivity contribution in [2.24, 2.45) is 0 Å². The molecule has 3 aromatic rings. The van der Waals surface area contributed by atoms with Gasteiger partial charge in [-0.3, -0.25) is 14.6 Å².